The molecule has 1 amide bonds. The standard InChI is InChI=1S/C31H45N3O8S/c1-31(2,15-7-16-32)19-25(33-43(38,39)23-12-10-22(40-3)11-13-23)28(35)26(18-21-8-5-4-6-9-21)34(30(36)37)27-20-42-29-24(27)14-17-41-29/h4-6,8-13,24-29,33,35H,7,14-20,32H2,1-3H3,(H,36,37)/t24-,25+,26+,27?,28+,29+/m1/s1. The molecule has 4 rings (SSSR count). The summed E-state index contributed by atoms with van der Waals surface area (Å²) in [6, 6.07) is 12.7. The quantitative estimate of drug-likeness (QED) is 0.235. The van der Waals surface area contributed by atoms with Crippen LogP contribution in [-0.4, -0.2) is 87.0 Å². The molecule has 0 bridgehead atoms. The third kappa shape index (κ3) is 8.25. The summed E-state index contributed by atoms with van der Waals surface area (Å²) < 4.78 is 46.8. The summed E-state index contributed by atoms with van der Waals surface area (Å²) in [5, 5.41) is 22.8. The van der Waals surface area contributed by atoms with Crippen LogP contribution in [0.25, 0.3) is 0 Å². The fourth-order valence-electron chi connectivity index (χ4n) is 6.30. The molecule has 2 heterocycles. The van der Waals surface area contributed by atoms with Gasteiger partial charge in [0.1, 0.15) is 5.75 Å². The maximum Gasteiger partial charge on any atom is 0.407 e. The Bertz CT molecular complexity index is 1290. The fraction of sp³-hybridized carbons (Fsp3) is 0.581. The minimum absolute atomic E-state index is 0.00936. The van der Waals surface area contributed by atoms with E-state index in [1.165, 1.54) is 24.1 Å². The maximum absolute atomic E-state index is 13.7. The number of aliphatic hydroxyl groups is 1. The molecule has 2 aromatic carbocycles. The van der Waals surface area contributed by atoms with E-state index in [0.717, 1.165) is 12.0 Å². The van der Waals surface area contributed by atoms with Gasteiger partial charge in [0.2, 0.25) is 10.0 Å². The highest BCUT2D eigenvalue weighted by molar-refractivity contribution is 7.89. The molecule has 5 N–H and O–H groups in total. The lowest BCUT2D eigenvalue weighted by molar-refractivity contribution is -0.0907. The van der Waals surface area contributed by atoms with Crippen LogP contribution >= 0.6 is 0 Å². The first-order chi connectivity index (χ1) is 20.5. The van der Waals surface area contributed by atoms with Crippen LogP contribution in [0.4, 0.5) is 4.79 Å². The molecule has 6 atom stereocenters. The van der Waals surface area contributed by atoms with Crippen molar-refractivity contribution in [2.24, 2.45) is 17.1 Å². The summed E-state index contributed by atoms with van der Waals surface area (Å²) in [5.41, 5.74) is 6.18. The van der Waals surface area contributed by atoms with E-state index in [-0.39, 0.29) is 30.3 Å². The van der Waals surface area contributed by atoms with Crippen molar-refractivity contribution in [3.05, 3.63) is 60.2 Å². The van der Waals surface area contributed by atoms with Crippen LogP contribution in [0.1, 0.15) is 45.1 Å². The first-order valence-electron chi connectivity index (χ1n) is 14.8. The molecule has 43 heavy (non-hydrogen) atoms. The summed E-state index contributed by atoms with van der Waals surface area (Å²) in [6.45, 7) is 5.06. The molecule has 1 unspecified atom stereocenters. The monoisotopic (exact) mass is 619 g/mol. The van der Waals surface area contributed by atoms with Gasteiger partial charge in [-0.1, -0.05) is 44.2 Å². The summed E-state index contributed by atoms with van der Waals surface area (Å²) in [4.78, 5) is 14.3. The van der Waals surface area contributed by atoms with Gasteiger partial charge in [-0.05, 0) is 73.9 Å². The number of nitrogens with two attached hydrogens (primary N) is 1. The zero-order valence-electron chi connectivity index (χ0n) is 25.1. The molecule has 2 aromatic rings. The zero-order valence-corrected chi connectivity index (χ0v) is 25.9. The number of nitrogens with one attached hydrogen (secondary N) is 1. The van der Waals surface area contributed by atoms with E-state index in [4.69, 9.17) is 19.9 Å². The Morgan fingerprint density at radius 2 is 1.86 bits per heavy atom. The molecule has 0 aromatic heterocycles. The predicted octanol–water partition coefficient (Wildman–Crippen LogP) is 3.21. The first kappa shape index (κ1) is 33.2. The van der Waals surface area contributed by atoms with Crippen molar-refractivity contribution in [2.45, 2.75) is 81.4 Å². The lowest BCUT2D eigenvalue weighted by Crippen LogP contribution is -2.60. The molecule has 2 aliphatic heterocycles. The molecule has 2 saturated heterocycles. The van der Waals surface area contributed by atoms with Gasteiger partial charge in [0.15, 0.2) is 6.29 Å². The van der Waals surface area contributed by atoms with Gasteiger partial charge in [0.25, 0.3) is 0 Å². The van der Waals surface area contributed by atoms with E-state index in [1.54, 1.807) is 12.1 Å². The van der Waals surface area contributed by atoms with Crippen LogP contribution in [0.2, 0.25) is 0 Å². The first-order valence-corrected chi connectivity index (χ1v) is 16.3. The van der Waals surface area contributed by atoms with E-state index < -0.39 is 52.1 Å². The molecule has 11 nitrogen and oxygen atoms in total. The van der Waals surface area contributed by atoms with Crippen LogP contribution in [-0.2, 0) is 25.9 Å². The van der Waals surface area contributed by atoms with Gasteiger partial charge in [-0.3, -0.25) is 4.90 Å². The second kappa shape index (κ2) is 14.4. The zero-order chi connectivity index (χ0) is 31.2. The van der Waals surface area contributed by atoms with Gasteiger partial charge >= 0.3 is 6.09 Å². The van der Waals surface area contributed by atoms with Crippen molar-refractivity contribution >= 4 is 16.1 Å². The van der Waals surface area contributed by atoms with Gasteiger partial charge in [0, 0.05) is 5.92 Å². The number of carboxylic acid groups (broad SMARTS) is 1. The number of sulfonamides is 1. The number of fused-ring (bicyclic) bond motifs is 1. The van der Waals surface area contributed by atoms with Gasteiger partial charge < -0.3 is 30.2 Å². The third-order valence-electron chi connectivity index (χ3n) is 8.54. The summed E-state index contributed by atoms with van der Waals surface area (Å²) in [6.07, 6.45) is -0.638. The fourth-order valence-corrected chi connectivity index (χ4v) is 7.55. The van der Waals surface area contributed by atoms with E-state index >= 15 is 0 Å². The molecule has 0 radical (unpaired) electrons. The average Bonchev–Trinajstić information content (AvgIpc) is 3.60. The molecule has 2 aliphatic rings. The molecule has 2 fully saturated rings. The number of nitrogens with zero attached hydrogens (tertiary/aromatic N) is 1. The molecule has 0 saturated carbocycles. The number of hydrogen-bond acceptors (Lipinski definition) is 8. The molecular formula is C31H45N3O8S. The SMILES string of the molecule is COc1ccc(S(=O)(=O)N[C@@H](CC(C)(C)CCCN)[C@H](O)[C@H](Cc2ccccc2)N(C(=O)O)C2CO[C@@H]3OCC[C@H]23)cc1. The van der Waals surface area contributed by atoms with Crippen molar-refractivity contribution in [1.29, 1.82) is 0 Å². The highest BCUT2D eigenvalue weighted by atomic mass is 32.2. The molecular weight excluding hydrogens is 574 g/mol. The van der Waals surface area contributed by atoms with E-state index in [2.05, 4.69) is 4.72 Å². The minimum atomic E-state index is -4.11. The second-order valence-electron chi connectivity index (χ2n) is 12.2. The minimum Gasteiger partial charge on any atom is -0.497 e. The number of amides is 1. The van der Waals surface area contributed by atoms with Gasteiger partial charge in [0.05, 0.1) is 49.4 Å². The summed E-state index contributed by atoms with van der Waals surface area (Å²) in [7, 11) is -2.61. The van der Waals surface area contributed by atoms with Crippen molar-refractivity contribution in [2.75, 3.05) is 26.9 Å². The van der Waals surface area contributed by atoms with Gasteiger partial charge in [-0.25, -0.2) is 17.9 Å². The molecule has 238 valence electrons. The Balaban J connectivity index is 1.73. The van der Waals surface area contributed by atoms with Gasteiger partial charge in [-0.2, -0.15) is 0 Å². The largest absolute Gasteiger partial charge is 0.497 e. The molecule has 0 spiro atoms. The third-order valence-corrected chi connectivity index (χ3v) is 10.1. The number of benzene rings is 2. The smallest absolute Gasteiger partial charge is 0.407 e. The number of carbonyl (C=O) groups is 1. The molecule has 0 aliphatic carbocycles. The van der Waals surface area contributed by atoms with Crippen molar-refractivity contribution in [1.82, 2.24) is 9.62 Å². The number of rotatable bonds is 15. The Hall–Kier alpha value is -2.74. The van der Waals surface area contributed by atoms with Crippen LogP contribution in [0.3, 0.4) is 0 Å². The number of aliphatic hydroxyl groups excluding tert-OH is 1. The Labute approximate surface area is 254 Å². The summed E-state index contributed by atoms with van der Waals surface area (Å²) >= 11 is 0. The van der Waals surface area contributed by atoms with Crippen LogP contribution in [0.15, 0.2) is 59.5 Å². The van der Waals surface area contributed by atoms with E-state index in [0.29, 0.717) is 31.7 Å². The van der Waals surface area contributed by atoms with Crippen molar-refractivity contribution in [3.8, 4) is 5.75 Å². The van der Waals surface area contributed by atoms with Crippen molar-refractivity contribution in [3.63, 3.8) is 0 Å². The normalized spacial score (nSPS) is 22.5. The highest BCUT2D eigenvalue weighted by Gasteiger charge is 2.50. The van der Waals surface area contributed by atoms with E-state index in [1.807, 2.05) is 44.2 Å². The Morgan fingerprint density at radius 3 is 2.49 bits per heavy atom. The lowest BCUT2D eigenvalue weighted by Gasteiger charge is -2.42. The Kier molecular flexibility index (Phi) is 11.1. The lowest BCUT2D eigenvalue weighted by atomic mass is 9.78. The van der Waals surface area contributed by atoms with Gasteiger partial charge in [-0.15, -0.1) is 0 Å². The molecule has 12 heteroatoms. The van der Waals surface area contributed by atoms with Crippen LogP contribution < -0.4 is 15.2 Å². The summed E-state index contributed by atoms with van der Waals surface area (Å²) in [5.74, 6) is 0.323. The number of methoxy groups -OCH3 is 1. The van der Waals surface area contributed by atoms with Crippen LogP contribution in [0, 0.1) is 11.3 Å². The predicted molar refractivity (Wildman–Crippen MR) is 161 cm³/mol. The van der Waals surface area contributed by atoms with Crippen LogP contribution in [0.5, 0.6) is 5.75 Å². The maximum atomic E-state index is 13.7. The number of ether oxygens (including phenoxy) is 3. The number of hydrogen-bond donors (Lipinski definition) is 4. The average molecular weight is 620 g/mol. The Morgan fingerprint density at radius 1 is 1.16 bits per heavy atom. The second-order valence-corrected chi connectivity index (χ2v) is 13.9. The topological polar surface area (TPSA) is 161 Å². The highest BCUT2D eigenvalue weighted by Crippen LogP contribution is 2.37. The van der Waals surface area contributed by atoms with E-state index in [9.17, 15) is 23.4 Å². The van der Waals surface area contributed by atoms with Crippen molar-refractivity contribution < 1.29 is 37.6 Å².